The lowest BCUT2D eigenvalue weighted by Gasteiger charge is -2.31. The van der Waals surface area contributed by atoms with E-state index in [1.807, 2.05) is 26.2 Å². The maximum Gasteiger partial charge on any atom is 0.329 e. The summed E-state index contributed by atoms with van der Waals surface area (Å²) in [6, 6.07) is 8.96. The fourth-order valence-corrected chi connectivity index (χ4v) is 4.59. The van der Waals surface area contributed by atoms with Crippen LogP contribution in [-0.4, -0.2) is 82.0 Å². The molecule has 3 rings (SSSR count). The number of nitrogens with zero attached hydrogens (tertiary/aromatic N) is 1. The molecule has 10 nitrogen and oxygen atoms in total. The Hall–Kier alpha value is -3.15. The van der Waals surface area contributed by atoms with Gasteiger partial charge in [-0.25, -0.2) is 4.79 Å². The molecule has 0 spiro atoms. The van der Waals surface area contributed by atoms with Gasteiger partial charge in [-0.2, -0.15) is 11.8 Å². The van der Waals surface area contributed by atoms with E-state index in [4.69, 9.17) is 30.5 Å². The summed E-state index contributed by atoms with van der Waals surface area (Å²) in [5, 5.41) is 5.96. The minimum Gasteiger partial charge on any atom is -0.492 e. The Bertz CT molecular complexity index is 1140. The van der Waals surface area contributed by atoms with Gasteiger partial charge in [0.25, 0.3) is 11.8 Å². The van der Waals surface area contributed by atoms with Gasteiger partial charge in [0.15, 0.2) is 6.61 Å². The number of carbonyl (C=O) groups is 3. The van der Waals surface area contributed by atoms with E-state index in [0.29, 0.717) is 79.5 Å². The van der Waals surface area contributed by atoms with E-state index in [0.717, 1.165) is 5.69 Å². The lowest BCUT2D eigenvalue weighted by atomic mass is 10.1. The molecule has 40 heavy (non-hydrogen) atoms. The second-order valence-corrected chi connectivity index (χ2v) is 10.2. The quantitative estimate of drug-likeness (QED) is 0.314. The van der Waals surface area contributed by atoms with Gasteiger partial charge in [-0.1, -0.05) is 11.6 Å². The minimum absolute atomic E-state index is 0.343. The van der Waals surface area contributed by atoms with Crippen LogP contribution in [0.3, 0.4) is 0 Å². The minimum atomic E-state index is -0.917. The predicted octanol–water partition coefficient (Wildman–Crippen LogP) is 4.01. The topological polar surface area (TPSA) is 115 Å². The van der Waals surface area contributed by atoms with E-state index in [1.165, 1.54) is 11.8 Å². The van der Waals surface area contributed by atoms with Crippen LogP contribution < -0.4 is 25.0 Å². The molecule has 2 aromatic rings. The summed E-state index contributed by atoms with van der Waals surface area (Å²) >= 11 is 7.43. The first-order valence-electron chi connectivity index (χ1n) is 13.1. The van der Waals surface area contributed by atoms with Gasteiger partial charge in [-0.15, -0.1) is 0 Å². The number of anilines is 2. The molecule has 1 heterocycles. The largest absolute Gasteiger partial charge is 0.492 e. The standard InChI is InChI=1S/C28H36ClN3O7S/c1-4-37-24-17-23(32-11-13-36-14-12-32)25(38-5-2)16-22(24)30-26(33)18-39-28(35)21(10-15-40-3)31-27(34)19-6-8-20(29)9-7-19/h6-9,16-17,21H,4-5,10-15,18H2,1-3H3,(H,30,33)(H,31,34)/t21-/m0/s1. The fourth-order valence-electron chi connectivity index (χ4n) is 4.00. The summed E-state index contributed by atoms with van der Waals surface area (Å²) < 4.78 is 22.4. The zero-order valence-corrected chi connectivity index (χ0v) is 24.6. The number of hydrogen-bond acceptors (Lipinski definition) is 9. The van der Waals surface area contributed by atoms with Crippen molar-refractivity contribution < 1.29 is 33.3 Å². The number of morpholine rings is 1. The Morgan fingerprint density at radius 3 is 2.38 bits per heavy atom. The number of nitrogens with one attached hydrogen (secondary N) is 2. The van der Waals surface area contributed by atoms with Crippen LogP contribution in [0.4, 0.5) is 11.4 Å². The van der Waals surface area contributed by atoms with Crippen LogP contribution in [0.15, 0.2) is 36.4 Å². The highest BCUT2D eigenvalue weighted by molar-refractivity contribution is 7.98. The van der Waals surface area contributed by atoms with Crippen molar-refractivity contribution in [3.05, 3.63) is 47.0 Å². The number of halogens is 1. The molecule has 0 aliphatic carbocycles. The maximum atomic E-state index is 12.8. The fraction of sp³-hybridized carbons (Fsp3) is 0.464. The molecule has 0 bridgehead atoms. The van der Waals surface area contributed by atoms with Crippen molar-refractivity contribution in [1.82, 2.24) is 5.32 Å². The van der Waals surface area contributed by atoms with Gasteiger partial charge in [-0.3, -0.25) is 9.59 Å². The first kappa shape index (κ1) is 31.4. The van der Waals surface area contributed by atoms with Gasteiger partial charge in [0.05, 0.1) is 37.8 Å². The van der Waals surface area contributed by atoms with Crippen molar-refractivity contribution in [3.8, 4) is 11.5 Å². The van der Waals surface area contributed by atoms with Gasteiger partial charge < -0.3 is 34.5 Å². The van der Waals surface area contributed by atoms with Crippen molar-refractivity contribution in [2.24, 2.45) is 0 Å². The first-order valence-corrected chi connectivity index (χ1v) is 14.9. The number of rotatable bonds is 14. The molecule has 1 saturated heterocycles. The molecule has 0 radical (unpaired) electrons. The van der Waals surface area contributed by atoms with Gasteiger partial charge in [0, 0.05) is 35.8 Å². The monoisotopic (exact) mass is 593 g/mol. The second kappa shape index (κ2) is 16.2. The summed E-state index contributed by atoms with van der Waals surface area (Å²) in [6.07, 6.45) is 2.24. The second-order valence-electron chi connectivity index (χ2n) is 8.75. The van der Waals surface area contributed by atoms with Crippen LogP contribution in [-0.2, 0) is 19.1 Å². The maximum absolute atomic E-state index is 12.8. The highest BCUT2D eigenvalue weighted by Crippen LogP contribution is 2.39. The van der Waals surface area contributed by atoms with Crippen molar-refractivity contribution in [2.75, 3.05) is 68.3 Å². The lowest BCUT2D eigenvalue weighted by Crippen LogP contribution is -2.43. The Kier molecular flexibility index (Phi) is 12.7. The zero-order chi connectivity index (χ0) is 28.9. The summed E-state index contributed by atoms with van der Waals surface area (Å²) in [7, 11) is 0. The third kappa shape index (κ3) is 9.21. The highest BCUT2D eigenvalue weighted by Gasteiger charge is 2.25. The molecule has 12 heteroatoms. The Morgan fingerprint density at radius 1 is 1.05 bits per heavy atom. The Morgan fingerprint density at radius 2 is 1.73 bits per heavy atom. The molecule has 2 aromatic carbocycles. The molecular weight excluding hydrogens is 558 g/mol. The third-order valence-corrected chi connectivity index (χ3v) is 6.84. The van der Waals surface area contributed by atoms with Crippen LogP contribution in [0.1, 0.15) is 30.6 Å². The van der Waals surface area contributed by atoms with E-state index in [-0.39, 0.29) is 0 Å². The van der Waals surface area contributed by atoms with Crippen LogP contribution >= 0.6 is 23.4 Å². The molecule has 1 aliphatic rings. The lowest BCUT2D eigenvalue weighted by molar-refractivity contribution is -0.149. The van der Waals surface area contributed by atoms with E-state index < -0.39 is 30.4 Å². The number of benzene rings is 2. The van der Waals surface area contributed by atoms with Crippen LogP contribution in [0.25, 0.3) is 0 Å². The summed E-state index contributed by atoms with van der Waals surface area (Å²) in [5.74, 6) is -0.00486. The Balaban J connectivity index is 1.68. The third-order valence-electron chi connectivity index (χ3n) is 5.94. The van der Waals surface area contributed by atoms with Gasteiger partial charge >= 0.3 is 5.97 Å². The van der Waals surface area contributed by atoms with Gasteiger partial charge in [-0.05, 0) is 56.5 Å². The van der Waals surface area contributed by atoms with E-state index in [2.05, 4.69) is 15.5 Å². The smallest absolute Gasteiger partial charge is 0.329 e. The first-order chi connectivity index (χ1) is 19.4. The van der Waals surface area contributed by atoms with E-state index >= 15 is 0 Å². The van der Waals surface area contributed by atoms with Crippen LogP contribution in [0.2, 0.25) is 5.02 Å². The number of hydrogen-bond donors (Lipinski definition) is 2. The average Bonchev–Trinajstić information content (AvgIpc) is 2.96. The molecular formula is C28H36ClN3O7S. The number of carbonyl (C=O) groups excluding carboxylic acids is 3. The molecule has 1 aliphatic heterocycles. The van der Waals surface area contributed by atoms with E-state index in [1.54, 1.807) is 30.3 Å². The van der Waals surface area contributed by atoms with Crippen LogP contribution in [0.5, 0.6) is 11.5 Å². The molecule has 2 amide bonds. The molecule has 0 aromatic heterocycles. The predicted molar refractivity (Wildman–Crippen MR) is 157 cm³/mol. The number of amides is 2. The SMILES string of the molecule is CCOc1cc(N2CCOCC2)c(OCC)cc1NC(=O)COC(=O)[C@H](CCSC)NC(=O)c1ccc(Cl)cc1. The van der Waals surface area contributed by atoms with Crippen LogP contribution in [0, 0.1) is 0 Å². The number of thioether (sulfide) groups is 1. The molecule has 218 valence electrons. The van der Waals surface area contributed by atoms with Crippen molar-refractivity contribution >= 4 is 52.5 Å². The zero-order valence-electron chi connectivity index (χ0n) is 23.0. The number of ether oxygens (including phenoxy) is 4. The molecule has 0 unspecified atom stereocenters. The number of esters is 1. The molecule has 1 atom stereocenters. The van der Waals surface area contributed by atoms with Gasteiger partial charge in [0.2, 0.25) is 0 Å². The highest BCUT2D eigenvalue weighted by atomic mass is 35.5. The normalized spacial score (nSPS) is 13.8. The summed E-state index contributed by atoms with van der Waals surface area (Å²) in [4.78, 5) is 40.5. The van der Waals surface area contributed by atoms with E-state index in [9.17, 15) is 14.4 Å². The van der Waals surface area contributed by atoms with Crippen molar-refractivity contribution in [2.45, 2.75) is 26.3 Å². The summed E-state index contributed by atoms with van der Waals surface area (Å²) in [5.41, 5.74) is 1.61. The Labute approximate surface area is 244 Å². The molecule has 2 N–H and O–H groups in total. The van der Waals surface area contributed by atoms with Crippen molar-refractivity contribution in [1.29, 1.82) is 0 Å². The molecule has 1 fully saturated rings. The summed E-state index contributed by atoms with van der Waals surface area (Å²) in [6.45, 7) is 6.66. The average molecular weight is 594 g/mol. The molecule has 0 saturated carbocycles. The van der Waals surface area contributed by atoms with Gasteiger partial charge in [0.1, 0.15) is 17.5 Å². The van der Waals surface area contributed by atoms with Crippen molar-refractivity contribution in [3.63, 3.8) is 0 Å².